The highest BCUT2D eigenvalue weighted by molar-refractivity contribution is 5.82. The van der Waals surface area contributed by atoms with Gasteiger partial charge in [0.1, 0.15) is 17.7 Å². The molecule has 2 atom stereocenters. The van der Waals surface area contributed by atoms with Crippen molar-refractivity contribution in [2.45, 2.75) is 97.3 Å². The first-order chi connectivity index (χ1) is 25.0. The number of likely N-dealkylation sites (tertiary alicyclic amines) is 1. The van der Waals surface area contributed by atoms with Crippen molar-refractivity contribution in [3.05, 3.63) is 91.9 Å². The number of aryl methyl sites for hydroxylation is 2. The summed E-state index contributed by atoms with van der Waals surface area (Å²) in [6, 6.07) is 3.85. The van der Waals surface area contributed by atoms with Gasteiger partial charge in [-0.3, -0.25) is 14.4 Å². The Hall–Kier alpha value is -4.50. The number of rotatable bonds is 12. The van der Waals surface area contributed by atoms with Gasteiger partial charge in [0, 0.05) is 29.9 Å². The van der Waals surface area contributed by atoms with Crippen molar-refractivity contribution >= 4 is 11.9 Å². The fourth-order valence-corrected chi connectivity index (χ4v) is 7.54. The van der Waals surface area contributed by atoms with Gasteiger partial charge in [0.25, 0.3) is 5.56 Å². The van der Waals surface area contributed by atoms with Crippen LogP contribution in [0.1, 0.15) is 111 Å². The molecule has 2 fully saturated rings. The number of aliphatic carboxylic acids is 1. The van der Waals surface area contributed by atoms with Crippen molar-refractivity contribution in [1.82, 2.24) is 14.8 Å². The second kappa shape index (κ2) is 16.3. The highest BCUT2D eigenvalue weighted by Crippen LogP contribution is 2.40. The number of carboxylic acids is 1. The molecule has 1 aliphatic heterocycles. The van der Waals surface area contributed by atoms with Gasteiger partial charge in [0.15, 0.2) is 0 Å². The number of carbonyl (C=O) groups excluding carboxylic acids is 1. The van der Waals surface area contributed by atoms with Gasteiger partial charge in [0.05, 0.1) is 23.6 Å². The summed E-state index contributed by atoms with van der Waals surface area (Å²) in [6.45, 7) is 10.6. The predicted octanol–water partition coefficient (Wildman–Crippen LogP) is 8.31. The zero-order chi connectivity index (χ0) is 38.8. The molecule has 7 nitrogen and oxygen atoms in total. The normalized spacial score (nSPS) is 16.6. The number of piperidine rings is 1. The van der Waals surface area contributed by atoms with E-state index in [4.69, 9.17) is 0 Å². The predicted molar refractivity (Wildman–Crippen MR) is 192 cm³/mol. The molecule has 2 heterocycles. The molecule has 284 valence electrons. The number of carboxylic acid groups (broad SMARTS) is 1. The van der Waals surface area contributed by atoms with Crippen molar-refractivity contribution in [2.75, 3.05) is 19.6 Å². The standard InChI is InChI=1S/C41H46F5N3O4/c1-6-8-28-18-29(36-24(4)9-7-10-25(36)5)39(43)37(38(28)42)32(20-35(51)52)47-40(53)33(17-23(2)3)49-22-30(31(19-34(49)50)41(44,45)46)27-13-15-48(16-14-27)21-26-11-12-26/h7,9-10,18-19,22-23,26-27,32-33H,11-17,20-21H2,1-5H3,(H,47,53)(H,51,52)/t32-,33+/m0/s1. The maximum atomic E-state index is 16.7. The number of hydrogen-bond acceptors (Lipinski definition) is 4. The highest BCUT2D eigenvalue weighted by atomic mass is 19.4. The summed E-state index contributed by atoms with van der Waals surface area (Å²) in [6.07, 6.45) is -1.49. The third-order valence-electron chi connectivity index (χ3n) is 10.3. The molecule has 2 N–H and O–H groups in total. The molecule has 53 heavy (non-hydrogen) atoms. The fourth-order valence-electron chi connectivity index (χ4n) is 7.54. The number of amides is 1. The molecular formula is C41H46F5N3O4. The lowest BCUT2D eigenvalue weighted by molar-refractivity contribution is -0.139. The van der Waals surface area contributed by atoms with E-state index in [1.54, 1.807) is 45.9 Å². The Morgan fingerprint density at radius 2 is 1.66 bits per heavy atom. The van der Waals surface area contributed by atoms with E-state index >= 15 is 8.78 Å². The summed E-state index contributed by atoms with van der Waals surface area (Å²) < 4.78 is 77.1. The summed E-state index contributed by atoms with van der Waals surface area (Å²) in [5.74, 6) is 0.368. The lowest BCUT2D eigenvalue weighted by Gasteiger charge is -2.34. The second-order valence-electron chi connectivity index (χ2n) is 14.9. The van der Waals surface area contributed by atoms with Gasteiger partial charge in [-0.1, -0.05) is 38.0 Å². The summed E-state index contributed by atoms with van der Waals surface area (Å²) in [5, 5.41) is 12.4. The lowest BCUT2D eigenvalue weighted by atomic mass is 9.87. The van der Waals surface area contributed by atoms with Gasteiger partial charge in [-0.15, -0.1) is 5.92 Å². The topological polar surface area (TPSA) is 91.6 Å². The van der Waals surface area contributed by atoms with E-state index in [-0.39, 0.29) is 29.0 Å². The van der Waals surface area contributed by atoms with E-state index < -0.39 is 70.8 Å². The summed E-state index contributed by atoms with van der Waals surface area (Å²) >= 11 is 0. The highest BCUT2D eigenvalue weighted by Gasteiger charge is 2.39. The van der Waals surface area contributed by atoms with Crippen molar-refractivity contribution in [3.63, 3.8) is 0 Å². The Balaban J connectivity index is 1.59. The van der Waals surface area contributed by atoms with E-state index in [1.165, 1.54) is 13.0 Å². The second-order valence-corrected chi connectivity index (χ2v) is 14.9. The third kappa shape index (κ3) is 9.18. The van der Waals surface area contributed by atoms with Crippen LogP contribution in [0.3, 0.4) is 0 Å². The van der Waals surface area contributed by atoms with Crippen molar-refractivity contribution in [2.24, 2.45) is 11.8 Å². The smallest absolute Gasteiger partial charge is 0.416 e. The van der Waals surface area contributed by atoms with E-state index in [2.05, 4.69) is 22.1 Å². The first-order valence-corrected chi connectivity index (χ1v) is 18.1. The number of alkyl halides is 3. The van der Waals surface area contributed by atoms with Crippen LogP contribution in [-0.4, -0.2) is 46.1 Å². The van der Waals surface area contributed by atoms with Gasteiger partial charge in [0.2, 0.25) is 5.91 Å². The Morgan fingerprint density at radius 1 is 1.02 bits per heavy atom. The third-order valence-corrected chi connectivity index (χ3v) is 10.3. The molecule has 0 unspecified atom stereocenters. The molecule has 3 aromatic rings. The van der Waals surface area contributed by atoms with Gasteiger partial charge < -0.3 is 19.9 Å². The van der Waals surface area contributed by atoms with Gasteiger partial charge in [-0.05, 0) is 112 Å². The van der Waals surface area contributed by atoms with Crippen molar-refractivity contribution in [1.29, 1.82) is 0 Å². The minimum absolute atomic E-state index is 0.0316. The Bertz CT molecular complexity index is 1960. The molecule has 0 bridgehead atoms. The molecule has 0 radical (unpaired) electrons. The average Bonchev–Trinajstić information content (AvgIpc) is 3.89. The Labute approximate surface area is 306 Å². The molecule has 0 spiro atoms. The maximum absolute atomic E-state index is 16.7. The van der Waals surface area contributed by atoms with E-state index in [1.807, 2.05) is 0 Å². The molecule has 1 amide bonds. The van der Waals surface area contributed by atoms with Gasteiger partial charge in [-0.2, -0.15) is 13.2 Å². The SMILES string of the molecule is CC#Cc1cc(-c2c(C)cccc2C)c(F)c([C@H](CC(=O)O)NC(=O)[C@@H](CC(C)C)n2cc(C3CCN(CC4CC4)CC3)c(C(F)(F)F)cc2=O)c1F. The molecule has 1 saturated carbocycles. The molecule has 1 aromatic heterocycles. The molecular weight excluding hydrogens is 693 g/mol. The first-order valence-electron chi connectivity index (χ1n) is 18.1. The van der Waals surface area contributed by atoms with Crippen molar-refractivity contribution < 1.29 is 36.6 Å². The number of benzene rings is 2. The Morgan fingerprint density at radius 3 is 2.21 bits per heavy atom. The molecule has 1 saturated heterocycles. The fraction of sp³-hybridized carbons (Fsp3) is 0.488. The number of hydrogen-bond donors (Lipinski definition) is 2. The molecule has 2 aromatic carbocycles. The number of carbonyl (C=O) groups is 2. The van der Waals surface area contributed by atoms with Crippen LogP contribution in [-0.2, 0) is 15.8 Å². The zero-order valence-corrected chi connectivity index (χ0v) is 30.7. The molecule has 12 heteroatoms. The van der Waals surface area contributed by atoms with Crippen molar-refractivity contribution in [3.8, 4) is 23.0 Å². The maximum Gasteiger partial charge on any atom is 0.416 e. The summed E-state index contributed by atoms with van der Waals surface area (Å²) in [5.41, 5.74) is -1.40. The summed E-state index contributed by atoms with van der Waals surface area (Å²) in [7, 11) is 0. The minimum Gasteiger partial charge on any atom is -0.481 e. The van der Waals surface area contributed by atoms with Crippen LogP contribution in [0.25, 0.3) is 11.1 Å². The number of halogens is 5. The molecule has 2 aliphatic rings. The van der Waals surface area contributed by atoms with Crippen LogP contribution in [0.4, 0.5) is 22.0 Å². The van der Waals surface area contributed by atoms with Gasteiger partial charge in [-0.25, -0.2) is 8.78 Å². The average molecular weight is 740 g/mol. The zero-order valence-electron chi connectivity index (χ0n) is 30.7. The van der Waals surface area contributed by atoms with Crippen LogP contribution < -0.4 is 10.9 Å². The number of aromatic nitrogens is 1. The van der Waals surface area contributed by atoms with E-state index in [0.29, 0.717) is 54.6 Å². The number of nitrogens with zero attached hydrogens (tertiary/aromatic N) is 2. The van der Waals surface area contributed by atoms with Gasteiger partial charge >= 0.3 is 12.1 Å². The Kier molecular flexibility index (Phi) is 12.2. The molecule has 5 rings (SSSR count). The van der Waals surface area contributed by atoms with E-state index in [9.17, 15) is 32.7 Å². The quantitative estimate of drug-likeness (QED) is 0.144. The van der Waals surface area contributed by atoms with Crippen LogP contribution >= 0.6 is 0 Å². The minimum atomic E-state index is -4.82. The first kappa shape index (κ1) is 39.7. The van der Waals surface area contributed by atoms with Crippen LogP contribution in [0.2, 0.25) is 0 Å². The largest absolute Gasteiger partial charge is 0.481 e. The monoisotopic (exact) mass is 739 g/mol. The van der Waals surface area contributed by atoms with E-state index in [0.717, 1.165) is 30.2 Å². The summed E-state index contributed by atoms with van der Waals surface area (Å²) in [4.78, 5) is 42.2. The van der Waals surface area contributed by atoms with Crippen LogP contribution in [0.15, 0.2) is 41.3 Å². The van der Waals surface area contributed by atoms with Crippen LogP contribution in [0, 0.1) is 49.2 Å². The number of nitrogens with one attached hydrogen (secondary N) is 1. The number of pyridine rings is 1. The molecule has 1 aliphatic carbocycles. The van der Waals surface area contributed by atoms with Crippen LogP contribution in [0.5, 0.6) is 0 Å². The lowest BCUT2D eigenvalue weighted by Crippen LogP contribution is -2.41.